The second kappa shape index (κ2) is 9.44. The third kappa shape index (κ3) is 5.38. The zero-order chi connectivity index (χ0) is 22.4. The maximum atomic E-state index is 12.3. The third-order valence-electron chi connectivity index (χ3n) is 4.25. The third-order valence-corrected chi connectivity index (χ3v) is 4.25. The van der Waals surface area contributed by atoms with Crippen LogP contribution in [0.3, 0.4) is 0 Å². The first-order valence-corrected chi connectivity index (χ1v) is 9.35. The van der Waals surface area contributed by atoms with Crippen LogP contribution in [0.15, 0.2) is 54.9 Å². The van der Waals surface area contributed by atoms with Gasteiger partial charge in [-0.1, -0.05) is 18.2 Å². The van der Waals surface area contributed by atoms with Crippen molar-refractivity contribution in [2.45, 2.75) is 13.5 Å². The number of aromatic nitrogens is 2. The van der Waals surface area contributed by atoms with Crippen molar-refractivity contribution < 1.29 is 24.2 Å². The van der Waals surface area contributed by atoms with Gasteiger partial charge in [0.15, 0.2) is 5.69 Å². The average Bonchev–Trinajstić information content (AvgIpc) is 3.10. The molecule has 3 aromatic rings. The normalized spacial score (nSPS) is 10.4. The van der Waals surface area contributed by atoms with Crippen LogP contribution in [0.5, 0.6) is 5.88 Å². The highest BCUT2D eigenvalue weighted by molar-refractivity contribution is 6.00. The Labute approximate surface area is 177 Å². The molecule has 0 spiro atoms. The Balaban J connectivity index is 1.61. The summed E-state index contributed by atoms with van der Waals surface area (Å²) in [5, 5.41) is 15.0. The number of carbonyl (C=O) groups excluding carboxylic acids is 3. The van der Waals surface area contributed by atoms with E-state index >= 15 is 0 Å². The van der Waals surface area contributed by atoms with E-state index < -0.39 is 23.8 Å². The van der Waals surface area contributed by atoms with Gasteiger partial charge in [-0.15, -0.1) is 0 Å². The zero-order valence-corrected chi connectivity index (χ0v) is 16.7. The first-order chi connectivity index (χ1) is 14.9. The van der Waals surface area contributed by atoms with Crippen LogP contribution >= 0.6 is 0 Å². The maximum Gasteiger partial charge on any atom is 0.338 e. The van der Waals surface area contributed by atoms with E-state index in [1.54, 1.807) is 49.4 Å². The number of nitrogens with zero attached hydrogens (tertiary/aromatic N) is 2. The van der Waals surface area contributed by atoms with Gasteiger partial charge in [0.1, 0.15) is 0 Å². The Bertz CT molecular complexity index is 1110. The summed E-state index contributed by atoms with van der Waals surface area (Å²) in [5.74, 6) is -1.67. The first kappa shape index (κ1) is 21.4. The van der Waals surface area contributed by atoms with Crippen molar-refractivity contribution in [3.8, 4) is 5.88 Å². The lowest BCUT2D eigenvalue weighted by Crippen LogP contribution is -2.19. The second-order valence-electron chi connectivity index (χ2n) is 6.49. The number of anilines is 2. The van der Waals surface area contributed by atoms with Crippen LogP contribution in [0.4, 0.5) is 16.2 Å². The largest absolute Gasteiger partial charge is 0.492 e. The molecule has 3 rings (SSSR count). The average molecular weight is 423 g/mol. The Kier molecular flexibility index (Phi) is 6.51. The van der Waals surface area contributed by atoms with Gasteiger partial charge in [-0.3, -0.25) is 4.79 Å². The SMILES string of the molecule is CCOC(=O)c1cccc(NC(=O)Nc2ccc(Cn3cnc(O)c3C(N)=O)cc2)c1. The van der Waals surface area contributed by atoms with Crippen molar-refractivity contribution in [2.24, 2.45) is 5.73 Å². The predicted molar refractivity (Wildman–Crippen MR) is 113 cm³/mol. The number of nitrogens with two attached hydrogens (primary N) is 1. The molecule has 0 unspecified atom stereocenters. The van der Waals surface area contributed by atoms with Crippen molar-refractivity contribution in [3.63, 3.8) is 0 Å². The van der Waals surface area contributed by atoms with E-state index in [0.29, 0.717) is 16.9 Å². The smallest absolute Gasteiger partial charge is 0.338 e. The van der Waals surface area contributed by atoms with Crippen molar-refractivity contribution in [1.29, 1.82) is 0 Å². The highest BCUT2D eigenvalue weighted by Gasteiger charge is 2.15. The molecule has 0 aliphatic rings. The number of amides is 3. The van der Waals surface area contributed by atoms with E-state index in [-0.39, 0.29) is 18.8 Å². The molecule has 0 atom stereocenters. The molecular formula is C21H21N5O5. The van der Waals surface area contributed by atoms with E-state index in [0.717, 1.165) is 5.56 Å². The van der Waals surface area contributed by atoms with Gasteiger partial charge in [-0.25, -0.2) is 14.6 Å². The van der Waals surface area contributed by atoms with Gasteiger partial charge < -0.3 is 30.8 Å². The molecule has 0 saturated carbocycles. The van der Waals surface area contributed by atoms with E-state index in [1.807, 2.05) is 0 Å². The molecule has 0 radical (unpaired) electrons. The molecule has 3 amide bonds. The number of hydrogen-bond acceptors (Lipinski definition) is 6. The summed E-state index contributed by atoms with van der Waals surface area (Å²) >= 11 is 0. The van der Waals surface area contributed by atoms with Crippen molar-refractivity contribution in [2.75, 3.05) is 17.2 Å². The second-order valence-corrected chi connectivity index (χ2v) is 6.49. The summed E-state index contributed by atoms with van der Waals surface area (Å²) in [6.45, 7) is 2.24. The Morgan fingerprint density at radius 2 is 1.81 bits per heavy atom. The minimum atomic E-state index is -0.781. The number of benzene rings is 2. The van der Waals surface area contributed by atoms with Gasteiger partial charge in [0, 0.05) is 17.9 Å². The van der Waals surface area contributed by atoms with Crippen molar-refractivity contribution >= 4 is 29.3 Å². The number of aromatic hydroxyl groups is 1. The molecule has 10 heteroatoms. The molecule has 0 fully saturated rings. The minimum Gasteiger partial charge on any atom is -0.492 e. The zero-order valence-electron chi connectivity index (χ0n) is 16.7. The Morgan fingerprint density at radius 1 is 1.10 bits per heavy atom. The number of carbonyl (C=O) groups is 3. The topological polar surface area (TPSA) is 149 Å². The molecule has 160 valence electrons. The number of rotatable bonds is 7. The summed E-state index contributed by atoms with van der Waals surface area (Å²) in [6, 6.07) is 12.8. The fraction of sp³-hybridized carbons (Fsp3) is 0.143. The number of ether oxygens (including phenoxy) is 1. The molecule has 10 nitrogen and oxygen atoms in total. The highest BCUT2D eigenvalue weighted by atomic mass is 16.5. The number of primary amides is 1. The van der Waals surface area contributed by atoms with E-state index in [2.05, 4.69) is 15.6 Å². The molecule has 2 aromatic carbocycles. The van der Waals surface area contributed by atoms with Gasteiger partial charge in [-0.2, -0.15) is 0 Å². The molecule has 1 heterocycles. The monoisotopic (exact) mass is 423 g/mol. The molecule has 0 aliphatic carbocycles. The minimum absolute atomic E-state index is 0.0772. The Hall–Kier alpha value is -4.34. The molecule has 0 aliphatic heterocycles. The summed E-state index contributed by atoms with van der Waals surface area (Å²) in [6.07, 6.45) is 1.32. The van der Waals surface area contributed by atoms with E-state index in [1.165, 1.54) is 17.0 Å². The fourth-order valence-corrected chi connectivity index (χ4v) is 2.87. The van der Waals surface area contributed by atoms with Crippen LogP contribution in [0.2, 0.25) is 0 Å². The highest BCUT2D eigenvalue weighted by Crippen LogP contribution is 2.17. The van der Waals surface area contributed by atoms with Gasteiger partial charge >= 0.3 is 12.0 Å². The lowest BCUT2D eigenvalue weighted by atomic mass is 10.2. The lowest BCUT2D eigenvalue weighted by Gasteiger charge is -2.10. The van der Waals surface area contributed by atoms with Crippen LogP contribution in [0.1, 0.15) is 33.3 Å². The summed E-state index contributed by atoms with van der Waals surface area (Å²) in [4.78, 5) is 39.2. The van der Waals surface area contributed by atoms with Crippen LogP contribution in [-0.4, -0.2) is 39.2 Å². The predicted octanol–water partition coefficient (Wildman–Crippen LogP) is 2.56. The fourth-order valence-electron chi connectivity index (χ4n) is 2.87. The molecule has 31 heavy (non-hydrogen) atoms. The van der Waals surface area contributed by atoms with Gasteiger partial charge in [0.05, 0.1) is 18.5 Å². The van der Waals surface area contributed by atoms with Crippen LogP contribution in [0.25, 0.3) is 0 Å². The number of imidazole rings is 1. The summed E-state index contributed by atoms with van der Waals surface area (Å²) in [7, 11) is 0. The van der Waals surface area contributed by atoms with Crippen LogP contribution < -0.4 is 16.4 Å². The van der Waals surface area contributed by atoms with Crippen molar-refractivity contribution in [1.82, 2.24) is 9.55 Å². The molecular weight excluding hydrogens is 402 g/mol. The van der Waals surface area contributed by atoms with Gasteiger partial charge in [-0.05, 0) is 42.8 Å². The number of urea groups is 1. The van der Waals surface area contributed by atoms with Gasteiger partial charge in [0.25, 0.3) is 5.91 Å². The summed E-state index contributed by atoms with van der Waals surface area (Å²) in [5.41, 5.74) is 7.29. The summed E-state index contributed by atoms with van der Waals surface area (Å²) < 4.78 is 6.38. The molecule has 5 N–H and O–H groups in total. The maximum absolute atomic E-state index is 12.3. The molecule has 0 saturated heterocycles. The van der Waals surface area contributed by atoms with Crippen molar-refractivity contribution in [3.05, 3.63) is 71.7 Å². The number of esters is 1. The Morgan fingerprint density at radius 3 is 2.48 bits per heavy atom. The van der Waals surface area contributed by atoms with Crippen LogP contribution in [-0.2, 0) is 11.3 Å². The number of nitrogens with one attached hydrogen (secondary N) is 2. The quantitative estimate of drug-likeness (QED) is 0.429. The van der Waals surface area contributed by atoms with E-state index in [9.17, 15) is 19.5 Å². The first-order valence-electron chi connectivity index (χ1n) is 9.35. The molecule has 0 bridgehead atoms. The lowest BCUT2D eigenvalue weighted by molar-refractivity contribution is 0.0526. The van der Waals surface area contributed by atoms with Crippen LogP contribution in [0, 0.1) is 0 Å². The number of hydrogen-bond donors (Lipinski definition) is 4. The molecule has 1 aromatic heterocycles. The standard InChI is InChI=1S/C21H21N5O5/c1-2-31-20(29)14-4-3-5-16(10-14)25-21(30)24-15-8-6-13(7-9-15)11-26-12-23-19(28)17(26)18(22)27/h3-10,12,28H,2,11H2,1H3,(H2,22,27)(H2,24,25,30). The van der Waals surface area contributed by atoms with E-state index in [4.69, 9.17) is 10.5 Å². The van der Waals surface area contributed by atoms with Gasteiger partial charge in [0.2, 0.25) is 5.88 Å².